The number of unbranched alkanes of at least 4 members (excludes halogenated alkanes) is 8. The number of carbonyl (C=O) groups is 2. The smallest absolute Gasteiger partial charge is 0.339 e. The van der Waals surface area contributed by atoms with Gasteiger partial charge in [-0.05, 0) is 73.9 Å². The Hall–Kier alpha value is -2.26. The van der Waals surface area contributed by atoms with Gasteiger partial charge in [-0.3, -0.25) is 0 Å². The summed E-state index contributed by atoms with van der Waals surface area (Å²) in [6.45, 7) is 9.88. The number of ether oxygens (including phenoxy) is 2. The van der Waals surface area contributed by atoms with Crippen LogP contribution < -0.4 is 0 Å². The summed E-state index contributed by atoms with van der Waals surface area (Å²) < 4.78 is 11.8. The molecule has 0 bridgehead atoms. The van der Waals surface area contributed by atoms with E-state index in [1.54, 1.807) is 34.8 Å². The molecule has 0 aliphatic heterocycles. The van der Waals surface area contributed by atoms with E-state index in [4.69, 9.17) is 9.47 Å². The van der Waals surface area contributed by atoms with E-state index in [1.807, 2.05) is 0 Å². The fourth-order valence-corrected chi connectivity index (χ4v) is 10.2. The lowest BCUT2D eigenvalue weighted by atomic mass is 9.96. The first-order valence-corrected chi connectivity index (χ1v) is 22.3. The summed E-state index contributed by atoms with van der Waals surface area (Å²) >= 11 is 6.28. The molecule has 2 unspecified atom stereocenters. The molecule has 0 aliphatic carbocycles. The van der Waals surface area contributed by atoms with Crippen molar-refractivity contribution in [2.24, 2.45) is 11.8 Å². The largest absolute Gasteiger partial charge is 0.462 e. The molecule has 272 valence electrons. The molecule has 4 heterocycles. The molecule has 50 heavy (non-hydrogen) atoms. The third kappa shape index (κ3) is 12.5. The normalized spacial score (nSPS) is 12.6. The monoisotopic (exact) mass is 752 g/mol. The Bertz CT molecular complexity index is 1430. The minimum Gasteiger partial charge on any atom is -0.462 e. The van der Waals surface area contributed by atoms with Crippen LogP contribution >= 0.6 is 45.3 Å². The predicted molar refractivity (Wildman–Crippen MR) is 216 cm³/mol. The van der Waals surface area contributed by atoms with Gasteiger partial charge in [-0.25, -0.2) is 9.59 Å². The zero-order chi connectivity index (χ0) is 35.6. The van der Waals surface area contributed by atoms with E-state index in [9.17, 15) is 9.59 Å². The molecule has 4 nitrogen and oxygen atoms in total. The summed E-state index contributed by atoms with van der Waals surface area (Å²) in [6, 6.07) is 12.0. The Morgan fingerprint density at radius 2 is 0.920 bits per heavy atom. The molecular weight excluding hydrogens is 697 g/mol. The number of thiophene rings is 4. The highest BCUT2D eigenvalue weighted by atomic mass is 32.1. The number of hydrogen-bond donors (Lipinski definition) is 0. The van der Waals surface area contributed by atoms with Crippen LogP contribution in [0.25, 0.3) is 29.3 Å². The van der Waals surface area contributed by atoms with E-state index >= 15 is 0 Å². The molecule has 0 aromatic carbocycles. The van der Waals surface area contributed by atoms with Crippen molar-refractivity contribution in [2.75, 3.05) is 13.2 Å². The van der Waals surface area contributed by atoms with Gasteiger partial charge in [-0.15, -0.1) is 45.3 Å². The fraction of sp³-hybridized carbons (Fsp3) is 0.571. The molecule has 4 rings (SSSR count). The van der Waals surface area contributed by atoms with Crippen LogP contribution in [-0.4, -0.2) is 25.2 Å². The van der Waals surface area contributed by atoms with Crippen LogP contribution in [0.5, 0.6) is 0 Å². The maximum absolute atomic E-state index is 13.3. The summed E-state index contributed by atoms with van der Waals surface area (Å²) in [5.74, 6) is 0.356. The first-order valence-electron chi connectivity index (χ1n) is 19.0. The molecule has 0 fully saturated rings. The van der Waals surface area contributed by atoms with Gasteiger partial charge in [0.2, 0.25) is 0 Å². The van der Waals surface area contributed by atoms with Crippen LogP contribution in [0.3, 0.4) is 0 Å². The summed E-state index contributed by atoms with van der Waals surface area (Å²) in [6.07, 6.45) is 19.0. The highest BCUT2D eigenvalue weighted by Crippen LogP contribution is 2.44. The minimum absolute atomic E-state index is 0.248. The van der Waals surface area contributed by atoms with E-state index < -0.39 is 0 Å². The maximum Gasteiger partial charge on any atom is 0.339 e. The van der Waals surface area contributed by atoms with Gasteiger partial charge in [-0.1, -0.05) is 105 Å². The van der Waals surface area contributed by atoms with Crippen molar-refractivity contribution in [3.05, 3.63) is 58.3 Å². The molecular formula is C42H56O4S4. The zero-order valence-electron chi connectivity index (χ0n) is 30.6. The molecule has 2 radical (unpaired) electrons. The van der Waals surface area contributed by atoms with Gasteiger partial charge in [0, 0.05) is 30.3 Å². The van der Waals surface area contributed by atoms with Crippen LogP contribution in [0.2, 0.25) is 0 Å². The van der Waals surface area contributed by atoms with Crippen molar-refractivity contribution >= 4 is 57.3 Å². The van der Waals surface area contributed by atoms with Crippen LogP contribution in [0.4, 0.5) is 0 Å². The molecule has 4 aromatic rings. The van der Waals surface area contributed by atoms with Crippen LogP contribution in [-0.2, 0) is 9.47 Å². The Morgan fingerprint density at radius 3 is 1.32 bits per heavy atom. The second-order valence-corrected chi connectivity index (χ2v) is 17.3. The van der Waals surface area contributed by atoms with Crippen molar-refractivity contribution in [3.63, 3.8) is 0 Å². The molecule has 0 N–H and O–H groups in total. The van der Waals surface area contributed by atoms with Crippen LogP contribution in [0, 0.1) is 22.6 Å². The number of hydrogen-bond acceptors (Lipinski definition) is 8. The lowest BCUT2D eigenvalue weighted by Crippen LogP contribution is -2.15. The topological polar surface area (TPSA) is 52.6 Å². The first kappa shape index (κ1) is 40.5. The van der Waals surface area contributed by atoms with Crippen LogP contribution in [0.15, 0.2) is 36.4 Å². The molecule has 2 atom stereocenters. The van der Waals surface area contributed by atoms with Gasteiger partial charge in [0.15, 0.2) is 0 Å². The van der Waals surface area contributed by atoms with Gasteiger partial charge in [0.1, 0.15) is 0 Å². The Kier molecular flexibility index (Phi) is 18.3. The summed E-state index contributed by atoms with van der Waals surface area (Å²) in [7, 11) is 0. The lowest BCUT2D eigenvalue weighted by Gasteiger charge is -2.17. The third-order valence-electron chi connectivity index (χ3n) is 9.32. The number of carbonyl (C=O) groups excluding carboxylic acids is 2. The minimum atomic E-state index is -0.248. The first-order chi connectivity index (χ1) is 24.5. The summed E-state index contributed by atoms with van der Waals surface area (Å²) in [5.41, 5.74) is 1.20. The highest BCUT2D eigenvalue weighted by molar-refractivity contribution is 7.28. The van der Waals surface area contributed by atoms with E-state index in [1.165, 1.54) is 86.9 Å². The quantitative estimate of drug-likeness (QED) is 0.0500. The third-order valence-corrected chi connectivity index (χ3v) is 13.7. The Morgan fingerprint density at radius 1 is 0.540 bits per heavy atom. The molecule has 4 aromatic heterocycles. The SMILES string of the molecule is CCCCCCC(CCCC)COC(=O)c1c[c]sc1-c1ccc(-c2ccc(-c3s[c]cc3C(=O)OCC(CCCC)CCCCCC)s2)s1. The molecule has 0 spiro atoms. The number of rotatable bonds is 25. The van der Waals surface area contributed by atoms with E-state index in [2.05, 4.69) is 62.7 Å². The fourth-order valence-electron chi connectivity index (χ4n) is 6.26. The molecule has 0 amide bonds. The van der Waals surface area contributed by atoms with Crippen molar-refractivity contribution in [1.82, 2.24) is 0 Å². The predicted octanol–water partition coefficient (Wildman–Crippen LogP) is 14.4. The summed E-state index contributed by atoms with van der Waals surface area (Å²) in [5, 5.41) is 6.37. The second-order valence-electron chi connectivity index (χ2n) is 13.5. The van der Waals surface area contributed by atoms with Crippen molar-refractivity contribution < 1.29 is 19.1 Å². The lowest BCUT2D eigenvalue weighted by molar-refractivity contribution is 0.0415. The van der Waals surface area contributed by atoms with Gasteiger partial charge in [0.25, 0.3) is 0 Å². The highest BCUT2D eigenvalue weighted by Gasteiger charge is 2.22. The maximum atomic E-state index is 13.3. The zero-order valence-corrected chi connectivity index (χ0v) is 33.9. The average Bonchev–Trinajstić information content (AvgIpc) is 3.96. The molecule has 0 aliphatic rings. The standard InChI is InChI=1S/C42H56O4S4/c1-5-9-13-15-19-31(17-11-7-3)29-45-41(43)33-25-27-47-39(33)37-23-21-35(49-37)36-22-24-38(50-36)40-34(26-28-48-40)42(44)46-30-32(18-12-8-4)20-16-14-10-6-2/h21-26,31-32H,5-20,29-30H2,1-4H3. The van der Waals surface area contributed by atoms with E-state index in [0.717, 1.165) is 67.8 Å². The second kappa shape index (κ2) is 22.6. The molecule has 0 saturated carbocycles. The molecule has 8 heteroatoms. The van der Waals surface area contributed by atoms with Crippen molar-refractivity contribution in [3.8, 4) is 29.3 Å². The average molecular weight is 753 g/mol. The van der Waals surface area contributed by atoms with Crippen molar-refractivity contribution in [2.45, 2.75) is 130 Å². The number of esters is 2. The molecule has 0 saturated heterocycles. The van der Waals surface area contributed by atoms with Crippen molar-refractivity contribution in [1.29, 1.82) is 0 Å². The van der Waals surface area contributed by atoms with E-state index in [-0.39, 0.29) is 11.9 Å². The van der Waals surface area contributed by atoms with Gasteiger partial charge in [-0.2, -0.15) is 0 Å². The summed E-state index contributed by atoms with van der Waals surface area (Å²) in [4.78, 5) is 32.7. The Balaban J connectivity index is 1.38. The van der Waals surface area contributed by atoms with Gasteiger partial charge < -0.3 is 9.47 Å². The van der Waals surface area contributed by atoms with E-state index in [0.29, 0.717) is 36.2 Å². The Labute approximate surface area is 317 Å². The van der Waals surface area contributed by atoms with Crippen LogP contribution in [0.1, 0.15) is 151 Å². The van der Waals surface area contributed by atoms with Gasteiger partial charge in [0.05, 0.1) is 34.1 Å². The van der Waals surface area contributed by atoms with Gasteiger partial charge >= 0.3 is 11.9 Å².